The molecule has 1 fully saturated rings. The Bertz CT molecular complexity index is 1200. The normalized spacial score (nSPS) is 14.0. The summed E-state index contributed by atoms with van der Waals surface area (Å²) in [4.78, 5) is 25.3. The van der Waals surface area contributed by atoms with Gasteiger partial charge in [0, 0.05) is 5.56 Å². The number of unbranched alkanes of at least 4 members (excludes halogenated alkanes) is 2. The van der Waals surface area contributed by atoms with Gasteiger partial charge in [0.15, 0.2) is 0 Å². The highest BCUT2D eigenvalue weighted by atomic mass is 19.1. The van der Waals surface area contributed by atoms with Gasteiger partial charge in [0.05, 0.1) is 19.1 Å². The number of esters is 1. The Balaban J connectivity index is 2.12. The molecular formula is C32H41F2NO4. The molecule has 0 radical (unpaired) electrons. The molecule has 2 aromatic rings. The number of ether oxygens (including phenoxy) is 2. The van der Waals surface area contributed by atoms with Crippen molar-refractivity contribution in [2.24, 2.45) is 0 Å². The lowest BCUT2D eigenvalue weighted by Gasteiger charge is -2.25. The number of halogens is 2. The molecule has 0 aliphatic heterocycles. The Hall–Kier alpha value is -3.22. The van der Waals surface area contributed by atoms with Crippen molar-refractivity contribution in [1.82, 2.24) is 5.32 Å². The van der Waals surface area contributed by atoms with Gasteiger partial charge in [-0.3, -0.25) is 4.79 Å². The van der Waals surface area contributed by atoms with Crippen LogP contribution in [0.15, 0.2) is 36.9 Å². The summed E-state index contributed by atoms with van der Waals surface area (Å²) < 4.78 is 41.1. The molecule has 7 heteroatoms. The number of aryl methyl sites for hydroxylation is 2. The molecule has 1 aliphatic rings. The number of amides is 1. The maximum absolute atomic E-state index is 16.1. The topological polar surface area (TPSA) is 64.6 Å². The number of benzene rings is 2. The van der Waals surface area contributed by atoms with Crippen molar-refractivity contribution in [3.05, 3.63) is 70.8 Å². The average Bonchev–Trinajstić information content (AvgIpc) is 3.66. The van der Waals surface area contributed by atoms with Crippen LogP contribution in [0.5, 0.6) is 0 Å². The molecule has 3 rings (SSSR count). The van der Waals surface area contributed by atoms with Gasteiger partial charge in [-0.15, -0.1) is 6.58 Å². The minimum atomic E-state index is -1.01. The fraction of sp³-hybridized carbons (Fsp3) is 0.500. The molecule has 0 aromatic heterocycles. The maximum atomic E-state index is 16.1. The van der Waals surface area contributed by atoms with Gasteiger partial charge in [-0.1, -0.05) is 6.08 Å². The number of carbonyl (C=O) groups is 2. The highest BCUT2D eigenvalue weighted by Gasteiger charge is 2.32. The Kier molecular flexibility index (Phi) is 10.3. The highest BCUT2D eigenvalue weighted by Crippen LogP contribution is 2.45. The fourth-order valence-electron chi connectivity index (χ4n) is 4.86. The Labute approximate surface area is 231 Å². The number of nitrogens with one attached hydrogen (secondary N) is 1. The van der Waals surface area contributed by atoms with E-state index in [1.54, 1.807) is 39.8 Å². The molecule has 1 saturated carbocycles. The SMILES string of the molecule is C=CCCCCc1cc(F)cc(C)c1-c1cc(C2CC2)c(F)c([C@H](CC(=O)OCC)NC(=O)OC(C)(C)C)c1. The van der Waals surface area contributed by atoms with Gasteiger partial charge in [0.2, 0.25) is 0 Å². The second-order valence-corrected chi connectivity index (χ2v) is 11.2. The van der Waals surface area contributed by atoms with Crippen LogP contribution in [0.2, 0.25) is 0 Å². The number of alkyl carbamates (subject to hydrolysis) is 1. The van der Waals surface area contributed by atoms with Crippen LogP contribution in [0.25, 0.3) is 11.1 Å². The first-order chi connectivity index (χ1) is 18.4. The van der Waals surface area contributed by atoms with Crippen LogP contribution in [-0.2, 0) is 20.7 Å². The summed E-state index contributed by atoms with van der Waals surface area (Å²) in [5.41, 5.74) is 3.14. The first-order valence-electron chi connectivity index (χ1n) is 13.8. The van der Waals surface area contributed by atoms with Gasteiger partial charge in [-0.05, 0) is 131 Å². The molecule has 0 unspecified atom stereocenters. The highest BCUT2D eigenvalue weighted by molar-refractivity contribution is 5.76. The summed E-state index contributed by atoms with van der Waals surface area (Å²) >= 11 is 0. The average molecular weight is 542 g/mol. The van der Waals surface area contributed by atoms with Crippen molar-refractivity contribution in [3.8, 4) is 11.1 Å². The lowest BCUT2D eigenvalue weighted by atomic mass is 9.87. The lowest BCUT2D eigenvalue weighted by Crippen LogP contribution is -2.36. The quantitative estimate of drug-likeness (QED) is 0.167. The molecule has 0 heterocycles. The molecule has 1 N–H and O–H groups in total. The number of hydrogen-bond acceptors (Lipinski definition) is 4. The zero-order chi connectivity index (χ0) is 28.7. The van der Waals surface area contributed by atoms with E-state index in [2.05, 4.69) is 11.9 Å². The molecule has 1 amide bonds. The first-order valence-corrected chi connectivity index (χ1v) is 13.8. The van der Waals surface area contributed by atoms with Crippen LogP contribution in [0.4, 0.5) is 13.6 Å². The van der Waals surface area contributed by atoms with Gasteiger partial charge in [-0.25, -0.2) is 13.6 Å². The zero-order valence-electron chi connectivity index (χ0n) is 23.8. The minimum absolute atomic E-state index is 0.0604. The predicted octanol–water partition coefficient (Wildman–Crippen LogP) is 8.24. The second kappa shape index (κ2) is 13.2. The van der Waals surface area contributed by atoms with Crippen LogP contribution < -0.4 is 5.32 Å². The lowest BCUT2D eigenvalue weighted by molar-refractivity contribution is -0.143. The van der Waals surface area contributed by atoms with Crippen molar-refractivity contribution in [1.29, 1.82) is 0 Å². The molecule has 212 valence electrons. The second-order valence-electron chi connectivity index (χ2n) is 11.2. The third-order valence-electron chi connectivity index (χ3n) is 6.66. The smallest absolute Gasteiger partial charge is 0.408 e. The summed E-state index contributed by atoms with van der Waals surface area (Å²) in [6.07, 6.45) is 5.91. The molecule has 0 spiro atoms. The third kappa shape index (κ3) is 8.64. The molecule has 5 nitrogen and oxygen atoms in total. The third-order valence-corrected chi connectivity index (χ3v) is 6.66. The Morgan fingerprint density at radius 1 is 1.15 bits per heavy atom. The number of hydrogen-bond donors (Lipinski definition) is 1. The van der Waals surface area contributed by atoms with E-state index in [4.69, 9.17) is 9.47 Å². The van der Waals surface area contributed by atoms with E-state index in [9.17, 15) is 14.0 Å². The summed E-state index contributed by atoms with van der Waals surface area (Å²) in [6.45, 7) is 12.7. The maximum Gasteiger partial charge on any atom is 0.408 e. The molecule has 39 heavy (non-hydrogen) atoms. The number of carbonyl (C=O) groups excluding carboxylic acids is 2. The van der Waals surface area contributed by atoms with Crippen molar-refractivity contribution in [2.75, 3.05) is 6.61 Å². The van der Waals surface area contributed by atoms with E-state index in [0.29, 0.717) is 12.0 Å². The Morgan fingerprint density at radius 3 is 2.49 bits per heavy atom. The standard InChI is InChI=1S/C32H41F2NO4/c1-7-9-10-11-12-22-16-24(33)15-20(3)29(22)23-17-25(21-13-14-21)30(34)26(18-23)27(19-28(36)38-8-2)35-31(37)39-32(4,5)6/h7,15-18,21,27H,1,8-14,19H2,2-6H3,(H,35,37)/t27-/m0/s1. The van der Waals surface area contributed by atoms with Crippen LogP contribution in [0, 0.1) is 18.6 Å². The van der Waals surface area contributed by atoms with Crippen molar-refractivity contribution in [3.63, 3.8) is 0 Å². The van der Waals surface area contributed by atoms with Gasteiger partial charge in [0.1, 0.15) is 17.2 Å². The Morgan fingerprint density at radius 2 is 1.87 bits per heavy atom. The molecule has 0 saturated heterocycles. The number of allylic oxidation sites excluding steroid dienone is 1. The van der Waals surface area contributed by atoms with Crippen LogP contribution in [0.1, 0.15) is 100 Å². The van der Waals surface area contributed by atoms with Gasteiger partial charge >= 0.3 is 12.1 Å². The summed E-state index contributed by atoms with van der Waals surface area (Å²) in [7, 11) is 0. The summed E-state index contributed by atoms with van der Waals surface area (Å²) in [6, 6.07) is 5.55. The summed E-state index contributed by atoms with van der Waals surface area (Å²) in [5, 5.41) is 2.70. The van der Waals surface area contributed by atoms with Gasteiger partial charge in [-0.2, -0.15) is 0 Å². The van der Waals surface area contributed by atoms with E-state index in [1.165, 1.54) is 6.07 Å². The van der Waals surface area contributed by atoms with Gasteiger partial charge < -0.3 is 14.8 Å². The largest absolute Gasteiger partial charge is 0.466 e. The molecule has 1 atom stereocenters. The van der Waals surface area contributed by atoms with Crippen LogP contribution >= 0.6 is 0 Å². The van der Waals surface area contributed by atoms with Crippen LogP contribution in [0.3, 0.4) is 0 Å². The van der Waals surface area contributed by atoms with Crippen molar-refractivity contribution < 1.29 is 27.8 Å². The summed E-state index contributed by atoms with van der Waals surface area (Å²) in [5.74, 6) is -1.26. The monoisotopic (exact) mass is 541 g/mol. The van der Waals surface area contributed by atoms with E-state index in [0.717, 1.165) is 54.4 Å². The van der Waals surface area contributed by atoms with Crippen LogP contribution in [-0.4, -0.2) is 24.3 Å². The van der Waals surface area contributed by atoms with Gasteiger partial charge in [0.25, 0.3) is 0 Å². The van der Waals surface area contributed by atoms with E-state index in [-0.39, 0.29) is 30.3 Å². The zero-order valence-corrected chi connectivity index (χ0v) is 23.8. The molecule has 1 aliphatic carbocycles. The van der Waals surface area contributed by atoms with Crippen molar-refractivity contribution >= 4 is 12.1 Å². The molecule has 2 aromatic carbocycles. The first kappa shape index (κ1) is 30.3. The van der Waals surface area contributed by atoms with E-state index < -0.39 is 29.5 Å². The molecule has 0 bridgehead atoms. The number of rotatable bonds is 12. The predicted molar refractivity (Wildman–Crippen MR) is 150 cm³/mol. The molecular weight excluding hydrogens is 500 g/mol. The van der Waals surface area contributed by atoms with E-state index >= 15 is 4.39 Å². The fourth-order valence-corrected chi connectivity index (χ4v) is 4.86. The minimum Gasteiger partial charge on any atom is -0.466 e. The van der Waals surface area contributed by atoms with Crippen molar-refractivity contribution in [2.45, 2.75) is 97.1 Å². The van der Waals surface area contributed by atoms with E-state index in [1.807, 2.05) is 19.1 Å².